The van der Waals surface area contributed by atoms with E-state index in [1.165, 1.54) is 12.1 Å². The first-order valence-electron chi connectivity index (χ1n) is 4.64. The minimum absolute atomic E-state index is 0.213. The summed E-state index contributed by atoms with van der Waals surface area (Å²) in [5, 5.41) is 0.901. The summed E-state index contributed by atoms with van der Waals surface area (Å²) in [5.74, 6) is -0.213. The summed E-state index contributed by atoms with van der Waals surface area (Å²) in [5.41, 5.74) is 1.95. The highest BCUT2D eigenvalue weighted by molar-refractivity contribution is 5.83. The lowest BCUT2D eigenvalue weighted by Crippen LogP contribution is -1.90. The molecule has 0 bridgehead atoms. The van der Waals surface area contributed by atoms with Crippen LogP contribution in [0.1, 0.15) is 12.5 Å². The molecule has 0 aliphatic carbocycles. The minimum Gasteiger partial charge on any atom is -0.377 e. The second-order valence-corrected chi connectivity index (χ2v) is 3.14. The maximum Gasteiger partial charge on any atom is 0.123 e. The molecular formula is C11H12FNO. The van der Waals surface area contributed by atoms with Crippen LogP contribution in [0.4, 0.5) is 4.39 Å². The number of hydrogen-bond acceptors (Lipinski definition) is 1. The second-order valence-electron chi connectivity index (χ2n) is 3.14. The van der Waals surface area contributed by atoms with Crippen LogP contribution in [0.3, 0.4) is 0 Å². The lowest BCUT2D eigenvalue weighted by Gasteiger charge is -1.98. The Kier molecular flexibility index (Phi) is 2.50. The van der Waals surface area contributed by atoms with Gasteiger partial charge >= 0.3 is 0 Å². The van der Waals surface area contributed by atoms with E-state index in [1.807, 2.05) is 13.1 Å². The molecule has 1 N–H and O–H groups in total. The molecule has 1 heterocycles. The molecule has 1 aromatic carbocycles. The predicted molar refractivity (Wildman–Crippen MR) is 53.6 cm³/mol. The van der Waals surface area contributed by atoms with Crippen LogP contribution in [0, 0.1) is 5.82 Å². The Labute approximate surface area is 81.7 Å². The summed E-state index contributed by atoms with van der Waals surface area (Å²) in [6, 6.07) is 4.71. The summed E-state index contributed by atoms with van der Waals surface area (Å²) in [7, 11) is 0. The van der Waals surface area contributed by atoms with Gasteiger partial charge in [0.15, 0.2) is 0 Å². The fourth-order valence-corrected chi connectivity index (χ4v) is 1.48. The van der Waals surface area contributed by atoms with Gasteiger partial charge in [0.05, 0.1) is 6.61 Å². The molecule has 0 fully saturated rings. The first-order chi connectivity index (χ1) is 6.81. The lowest BCUT2D eigenvalue weighted by molar-refractivity contribution is 0.135. The largest absolute Gasteiger partial charge is 0.377 e. The van der Waals surface area contributed by atoms with Crippen molar-refractivity contribution in [3.63, 3.8) is 0 Å². The smallest absolute Gasteiger partial charge is 0.123 e. The zero-order valence-electron chi connectivity index (χ0n) is 8.01. The number of nitrogens with one attached hydrogen (secondary N) is 1. The van der Waals surface area contributed by atoms with Crippen molar-refractivity contribution in [1.82, 2.24) is 4.98 Å². The van der Waals surface area contributed by atoms with Crippen molar-refractivity contribution in [2.24, 2.45) is 0 Å². The molecule has 0 amide bonds. The van der Waals surface area contributed by atoms with Crippen molar-refractivity contribution in [3.05, 3.63) is 35.8 Å². The van der Waals surface area contributed by atoms with Crippen molar-refractivity contribution in [1.29, 1.82) is 0 Å². The van der Waals surface area contributed by atoms with Crippen LogP contribution in [0.5, 0.6) is 0 Å². The van der Waals surface area contributed by atoms with Crippen LogP contribution in [0.25, 0.3) is 10.9 Å². The minimum atomic E-state index is -0.213. The van der Waals surface area contributed by atoms with Crippen molar-refractivity contribution in [3.8, 4) is 0 Å². The summed E-state index contributed by atoms with van der Waals surface area (Å²) in [4.78, 5) is 3.08. The maximum atomic E-state index is 13.0. The molecule has 0 radical (unpaired) electrons. The molecule has 0 saturated carbocycles. The van der Waals surface area contributed by atoms with E-state index in [0.29, 0.717) is 13.2 Å². The Morgan fingerprint density at radius 2 is 2.29 bits per heavy atom. The molecule has 74 valence electrons. The molecule has 0 aliphatic rings. The van der Waals surface area contributed by atoms with Crippen LogP contribution in [-0.4, -0.2) is 11.6 Å². The van der Waals surface area contributed by atoms with Crippen molar-refractivity contribution in [2.45, 2.75) is 13.5 Å². The van der Waals surface area contributed by atoms with Crippen LogP contribution in [0.2, 0.25) is 0 Å². The van der Waals surface area contributed by atoms with E-state index >= 15 is 0 Å². The molecular weight excluding hydrogens is 181 g/mol. The van der Waals surface area contributed by atoms with Gasteiger partial charge in [-0.1, -0.05) is 0 Å². The lowest BCUT2D eigenvalue weighted by atomic mass is 10.2. The molecule has 0 aliphatic heterocycles. The highest BCUT2D eigenvalue weighted by Gasteiger charge is 2.03. The second kappa shape index (κ2) is 3.80. The number of hydrogen-bond donors (Lipinski definition) is 1. The topological polar surface area (TPSA) is 25.0 Å². The number of aromatic nitrogens is 1. The number of H-pyrrole nitrogens is 1. The fraction of sp³-hybridized carbons (Fsp3) is 0.273. The Bertz CT molecular complexity index is 436. The van der Waals surface area contributed by atoms with E-state index in [0.717, 1.165) is 16.5 Å². The van der Waals surface area contributed by atoms with Crippen molar-refractivity contribution < 1.29 is 9.13 Å². The molecule has 0 saturated heterocycles. The number of aromatic amines is 1. The maximum absolute atomic E-state index is 13.0. The van der Waals surface area contributed by atoms with Crippen LogP contribution >= 0.6 is 0 Å². The van der Waals surface area contributed by atoms with Gasteiger partial charge in [0.25, 0.3) is 0 Å². The number of halogens is 1. The van der Waals surface area contributed by atoms with Gasteiger partial charge < -0.3 is 9.72 Å². The Morgan fingerprint density at radius 3 is 3.07 bits per heavy atom. The van der Waals surface area contributed by atoms with Crippen molar-refractivity contribution >= 4 is 10.9 Å². The Morgan fingerprint density at radius 1 is 1.43 bits per heavy atom. The fourth-order valence-electron chi connectivity index (χ4n) is 1.48. The summed E-state index contributed by atoms with van der Waals surface area (Å²) >= 11 is 0. The number of fused-ring (bicyclic) bond motifs is 1. The summed E-state index contributed by atoms with van der Waals surface area (Å²) in [6.07, 6.45) is 1.86. The standard InChI is InChI=1S/C11H12FNO/c1-2-14-7-8-6-13-11-4-3-9(12)5-10(8)11/h3-6,13H,2,7H2,1H3. The monoisotopic (exact) mass is 193 g/mol. The van der Waals surface area contributed by atoms with Gasteiger partial charge in [-0.05, 0) is 25.1 Å². The highest BCUT2D eigenvalue weighted by Crippen LogP contribution is 2.19. The van der Waals surface area contributed by atoms with E-state index in [4.69, 9.17) is 4.74 Å². The van der Waals surface area contributed by atoms with Crippen LogP contribution < -0.4 is 0 Å². The molecule has 0 unspecified atom stereocenters. The zero-order chi connectivity index (χ0) is 9.97. The third-order valence-electron chi connectivity index (χ3n) is 2.19. The normalized spacial score (nSPS) is 11.0. The number of rotatable bonds is 3. The van der Waals surface area contributed by atoms with E-state index in [9.17, 15) is 4.39 Å². The van der Waals surface area contributed by atoms with Crippen LogP contribution in [-0.2, 0) is 11.3 Å². The third kappa shape index (κ3) is 1.63. The molecule has 0 atom stereocenters. The molecule has 2 rings (SSSR count). The van der Waals surface area contributed by atoms with E-state index in [2.05, 4.69) is 4.98 Å². The van der Waals surface area contributed by atoms with Crippen LogP contribution in [0.15, 0.2) is 24.4 Å². The Hall–Kier alpha value is -1.35. The highest BCUT2D eigenvalue weighted by atomic mass is 19.1. The van der Waals surface area contributed by atoms with E-state index < -0.39 is 0 Å². The molecule has 2 nitrogen and oxygen atoms in total. The van der Waals surface area contributed by atoms with Gasteiger partial charge in [0.1, 0.15) is 5.82 Å². The van der Waals surface area contributed by atoms with E-state index in [1.54, 1.807) is 6.07 Å². The van der Waals surface area contributed by atoms with Gasteiger partial charge in [-0.25, -0.2) is 4.39 Å². The van der Waals surface area contributed by atoms with Gasteiger partial charge in [-0.3, -0.25) is 0 Å². The molecule has 0 spiro atoms. The van der Waals surface area contributed by atoms with Crippen molar-refractivity contribution in [2.75, 3.05) is 6.61 Å². The number of benzene rings is 1. The SMILES string of the molecule is CCOCc1c[nH]c2ccc(F)cc12. The summed E-state index contributed by atoms with van der Waals surface area (Å²) in [6.45, 7) is 3.14. The predicted octanol–water partition coefficient (Wildman–Crippen LogP) is 2.84. The molecule has 3 heteroatoms. The first kappa shape index (κ1) is 9.21. The average Bonchev–Trinajstić information content (AvgIpc) is 2.57. The Balaban J connectivity index is 2.40. The molecule has 14 heavy (non-hydrogen) atoms. The van der Waals surface area contributed by atoms with Gasteiger partial charge in [-0.2, -0.15) is 0 Å². The molecule has 2 aromatic rings. The third-order valence-corrected chi connectivity index (χ3v) is 2.19. The van der Waals surface area contributed by atoms with E-state index in [-0.39, 0.29) is 5.82 Å². The number of ether oxygens (including phenoxy) is 1. The van der Waals surface area contributed by atoms with Gasteiger partial charge in [0, 0.05) is 29.3 Å². The van der Waals surface area contributed by atoms with Gasteiger partial charge in [0.2, 0.25) is 0 Å². The quantitative estimate of drug-likeness (QED) is 0.796. The molecule has 1 aromatic heterocycles. The zero-order valence-corrected chi connectivity index (χ0v) is 8.01. The average molecular weight is 193 g/mol. The van der Waals surface area contributed by atoms with Gasteiger partial charge in [-0.15, -0.1) is 0 Å². The first-order valence-corrected chi connectivity index (χ1v) is 4.64. The summed E-state index contributed by atoms with van der Waals surface area (Å²) < 4.78 is 18.2.